The van der Waals surface area contributed by atoms with Crippen LogP contribution in [0.15, 0.2) is 52.3 Å². The van der Waals surface area contributed by atoms with Gasteiger partial charge in [-0.25, -0.2) is 0 Å². The lowest BCUT2D eigenvalue weighted by Crippen LogP contribution is -2.36. The zero-order chi connectivity index (χ0) is 21.1. The van der Waals surface area contributed by atoms with Gasteiger partial charge < -0.3 is 10.1 Å². The van der Waals surface area contributed by atoms with E-state index in [4.69, 9.17) is 4.74 Å². The highest BCUT2D eigenvalue weighted by Gasteiger charge is 2.34. The van der Waals surface area contributed by atoms with Gasteiger partial charge in [0.15, 0.2) is 0 Å². The molecule has 30 heavy (non-hydrogen) atoms. The molecule has 0 unspecified atom stereocenters. The van der Waals surface area contributed by atoms with Gasteiger partial charge in [-0.3, -0.25) is 14.5 Å². The Balaban J connectivity index is 1.59. The van der Waals surface area contributed by atoms with Crippen molar-refractivity contribution in [1.82, 2.24) is 0 Å². The monoisotopic (exact) mass is 420 g/mol. The third-order valence-corrected chi connectivity index (χ3v) is 6.65. The molecule has 0 atom stereocenters. The highest BCUT2D eigenvalue weighted by atomic mass is 32.2. The molecule has 0 aromatic heterocycles. The van der Waals surface area contributed by atoms with Crippen molar-refractivity contribution < 1.29 is 14.3 Å². The van der Waals surface area contributed by atoms with Crippen LogP contribution in [0.25, 0.3) is 0 Å². The normalized spacial score (nSPS) is 19.5. The van der Waals surface area contributed by atoms with E-state index in [2.05, 4.69) is 17.2 Å². The number of nitrogens with one attached hydrogen (secondary N) is 1. The number of hydrogen-bond donors (Lipinski definition) is 1. The second-order valence-corrected chi connectivity index (χ2v) is 8.66. The molecule has 2 aromatic rings. The summed E-state index contributed by atoms with van der Waals surface area (Å²) in [6.07, 6.45) is 1.73. The first-order valence-corrected chi connectivity index (χ1v) is 10.8. The summed E-state index contributed by atoms with van der Waals surface area (Å²) in [5.74, 6) is 6.38. The fourth-order valence-electron chi connectivity index (χ4n) is 3.88. The minimum Gasteiger partial charge on any atom is -0.384 e. The summed E-state index contributed by atoms with van der Waals surface area (Å²) >= 11 is 1.54. The van der Waals surface area contributed by atoms with Gasteiger partial charge in [-0.2, -0.15) is 0 Å². The van der Waals surface area contributed by atoms with Gasteiger partial charge in [-0.15, -0.1) is 5.92 Å². The Labute approximate surface area is 181 Å². The average molecular weight is 421 g/mol. The average Bonchev–Trinajstić information content (AvgIpc) is 2.82. The Bertz CT molecular complexity index is 1030. The topological polar surface area (TPSA) is 58.6 Å². The zero-order valence-electron chi connectivity index (χ0n) is 17.1. The molecule has 2 amide bonds. The van der Waals surface area contributed by atoms with Crippen molar-refractivity contribution in [3.63, 3.8) is 0 Å². The van der Waals surface area contributed by atoms with Gasteiger partial charge in [0, 0.05) is 35.1 Å². The first-order chi connectivity index (χ1) is 14.6. The number of carbonyl (C=O) groups excluding carboxylic acids is 2. The maximum Gasteiger partial charge on any atom is 0.260 e. The van der Waals surface area contributed by atoms with Crippen LogP contribution < -0.4 is 10.2 Å². The smallest absolute Gasteiger partial charge is 0.260 e. The number of methoxy groups -OCH3 is 1. The molecule has 154 valence electrons. The molecule has 0 radical (unpaired) electrons. The first kappa shape index (κ1) is 20.5. The highest BCUT2D eigenvalue weighted by molar-refractivity contribution is 7.99. The van der Waals surface area contributed by atoms with Crippen LogP contribution in [0.1, 0.15) is 30.1 Å². The van der Waals surface area contributed by atoms with Crippen molar-refractivity contribution >= 4 is 35.0 Å². The number of nitrogens with zero attached hydrogens (tertiary/aromatic N) is 1. The summed E-state index contributed by atoms with van der Waals surface area (Å²) in [6.45, 7) is 2.80. The van der Waals surface area contributed by atoms with Crippen molar-refractivity contribution in [3.8, 4) is 11.8 Å². The molecule has 0 spiro atoms. The van der Waals surface area contributed by atoms with Crippen LogP contribution in [0.3, 0.4) is 0 Å². The van der Waals surface area contributed by atoms with Gasteiger partial charge in [-0.1, -0.05) is 29.8 Å². The van der Waals surface area contributed by atoms with Crippen LogP contribution in [0, 0.1) is 23.7 Å². The molecule has 1 aliphatic carbocycles. The standard InChI is InChI=1S/C24H24N2O3S/c1-3-4-11-26-20-10-9-18(25-23(27)17-12-16(13-17)15-29-2)14-22(20)30-21-8-6-5-7-19(21)24(26)28/h5-10,14,16-17H,11-13,15H2,1-2H3,(H,25,27). The van der Waals surface area contributed by atoms with Gasteiger partial charge in [0.05, 0.1) is 17.8 Å². The van der Waals surface area contributed by atoms with Crippen molar-refractivity contribution in [1.29, 1.82) is 0 Å². The summed E-state index contributed by atoms with van der Waals surface area (Å²) in [4.78, 5) is 29.3. The minimum absolute atomic E-state index is 0.0373. The molecule has 6 heteroatoms. The minimum atomic E-state index is -0.0601. The lowest BCUT2D eigenvalue weighted by Gasteiger charge is -2.33. The van der Waals surface area contributed by atoms with Gasteiger partial charge in [0.2, 0.25) is 5.91 Å². The van der Waals surface area contributed by atoms with Crippen LogP contribution >= 0.6 is 11.8 Å². The lowest BCUT2D eigenvalue weighted by molar-refractivity contribution is -0.124. The van der Waals surface area contributed by atoms with Gasteiger partial charge in [0.25, 0.3) is 5.91 Å². The van der Waals surface area contributed by atoms with E-state index in [-0.39, 0.29) is 17.7 Å². The molecule has 1 saturated carbocycles. The van der Waals surface area contributed by atoms with Crippen LogP contribution in [-0.2, 0) is 9.53 Å². The van der Waals surface area contributed by atoms with Crippen LogP contribution in [0.4, 0.5) is 11.4 Å². The third-order valence-electron chi connectivity index (χ3n) is 5.52. The first-order valence-electron chi connectivity index (χ1n) is 10.0. The number of ether oxygens (including phenoxy) is 1. The molecule has 1 heterocycles. The Morgan fingerprint density at radius 1 is 1.23 bits per heavy atom. The maximum absolute atomic E-state index is 13.2. The van der Waals surface area contributed by atoms with Crippen LogP contribution in [-0.4, -0.2) is 32.1 Å². The number of rotatable bonds is 5. The summed E-state index contributed by atoms with van der Waals surface area (Å²) < 4.78 is 5.17. The van der Waals surface area contributed by atoms with Crippen molar-refractivity contribution in [3.05, 3.63) is 48.0 Å². The SMILES string of the molecule is CC#CCN1C(=O)c2ccccc2Sc2cc(NC(=O)C3CC(COC)C3)ccc21. The fourth-order valence-corrected chi connectivity index (χ4v) is 5.00. The molecular weight excluding hydrogens is 396 g/mol. The van der Waals surface area contributed by atoms with E-state index < -0.39 is 0 Å². The van der Waals surface area contributed by atoms with E-state index in [1.54, 1.807) is 30.7 Å². The van der Waals surface area contributed by atoms with E-state index in [1.807, 2.05) is 42.5 Å². The number of hydrogen-bond acceptors (Lipinski definition) is 4. The number of fused-ring (bicyclic) bond motifs is 2. The maximum atomic E-state index is 13.2. The molecule has 4 rings (SSSR count). The summed E-state index contributed by atoms with van der Waals surface area (Å²) in [5, 5.41) is 3.05. The molecule has 2 aliphatic rings. The summed E-state index contributed by atoms with van der Waals surface area (Å²) in [5.41, 5.74) is 2.22. The van der Waals surface area contributed by atoms with Crippen molar-refractivity contribution in [2.24, 2.45) is 11.8 Å². The van der Waals surface area contributed by atoms with E-state index in [0.717, 1.165) is 34.0 Å². The van der Waals surface area contributed by atoms with Gasteiger partial charge >= 0.3 is 0 Å². The van der Waals surface area contributed by atoms with E-state index in [1.165, 1.54) is 0 Å². The third kappa shape index (κ3) is 4.09. The Kier molecular flexibility index (Phi) is 6.12. The fraction of sp³-hybridized carbons (Fsp3) is 0.333. The molecular formula is C24H24N2O3S. The molecule has 1 aliphatic heterocycles. The number of amides is 2. The molecule has 0 saturated heterocycles. The summed E-state index contributed by atoms with van der Waals surface area (Å²) in [6, 6.07) is 13.3. The Morgan fingerprint density at radius 2 is 2.03 bits per heavy atom. The molecule has 1 N–H and O–H groups in total. The number of benzene rings is 2. The predicted molar refractivity (Wildman–Crippen MR) is 119 cm³/mol. The van der Waals surface area contributed by atoms with Crippen LogP contribution in [0.2, 0.25) is 0 Å². The second-order valence-electron chi connectivity index (χ2n) is 7.58. The van der Waals surface area contributed by atoms with Crippen molar-refractivity contribution in [2.75, 3.05) is 30.5 Å². The van der Waals surface area contributed by atoms with Gasteiger partial charge in [0.1, 0.15) is 0 Å². The molecule has 1 fully saturated rings. The van der Waals surface area contributed by atoms with Crippen molar-refractivity contribution in [2.45, 2.75) is 29.6 Å². The number of carbonyl (C=O) groups is 2. The Hall–Kier alpha value is -2.75. The zero-order valence-corrected chi connectivity index (χ0v) is 17.9. The van der Waals surface area contributed by atoms with E-state index >= 15 is 0 Å². The highest BCUT2D eigenvalue weighted by Crippen LogP contribution is 2.42. The predicted octanol–water partition coefficient (Wildman–Crippen LogP) is 4.43. The molecule has 2 aromatic carbocycles. The summed E-state index contributed by atoms with van der Waals surface area (Å²) in [7, 11) is 1.69. The van der Waals surface area contributed by atoms with Gasteiger partial charge in [-0.05, 0) is 56.0 Å². The largest absolute Gasteiger partial charge is 0.384 e. The number of anilines is 2. The van der Waals surface area contributed by atoms with E-state index in [9.17, 15) is 9.59 Å². The molecule has 0 bridgehead atoms. The van der Waals surface area contributed by atoms with Crippen LogP contribution in [0.5, 0.6) is 0 Å². The lowest BCUT2D eigenvalue weighted by atomic mass is 9.75. The molecule has 5 nitrogen and oxygen atoms in total. The van der Waals surface area contributed by atoms with E-state index in [0.29, 0.717) is 24.6 Å². The second kappa shape index (κ2) is 8.95. The quantitative estimate of drug-likeness (QED) is 0.727. The Morgan fingerprint density at radius 3 is 2.80 bits per heavy atom.